The monoisotopic (exact) mass is 209 g/mol. The van der Waals surface area contributed by atoms with E-state index in [1.807, 2.05) is 0 Å². The fourth-order valence-corrected chi connectivity index (χ4v) is 2.33. The Hall–Kier alpha value is -0.730. The van der Waals surface area contributed by atoms with E-state index in [2.05, 4.69) is 24.2 Å². The van der Waals surface area contributed by atoms with Crippen LogP contribution in [0, 0.1) is 11.8 Å². The van der Waals surface area contributed by atoms with E-state index in [1.54, 1.807) is 0 Å². The van der Waals surface area contributed by atoms with Crippen LogP contribution >= 0.6 is 0 Å². The Labute approximate surface area is 92.5 Å². The summed E-state index contributed by atoms with van der Waals surface area (Å²) in [6, 6.07) is 1.08. The van der Waals surface area contributed by atoms with E-state index in [9.17, 15) is 0 Å². The zero-order valence-electron chi connectivity index (χ0n) is 9.87. The Morgan fingerprint density at radius 1 is 1.13 bits per heavy atom. The Morgan fingerprint density at radius 2 is 1.87 bits per heavy atom. The molecule has 2 saturated carbocycles. The second-order valence-corrected chi connectivity index (χ2v) is 5.35. The van der Waals surface area contributed by atoms with Crippen molar-refractivity contribution < 1.29 is 0 Å². The summed E-state index contributed by atoms with van der Waals surface area (Å²) in [5, 5.41) is 3.37. The normalized spacial score (nSPS) is 37.7. The third-order valence-electron chi connectivity index (χ3n) is 3.82. The summed E-state index contributed by atoms with van der Waals surface area (Å²) in [7, 11) is 0. The molecule has 0 radical (unpaired) electrons. The van der Waals surface area contributed by atoms with Gasteiger partial charge in [0.2, 0.25) is 0 Å². The minimum Gasteiger partial charge on any atom is -0.370 e. The van der Waals surface area contributed by atoms with Crippen LogP contribution < -0.4 is 11.1 Å². The third kappa shape index (κ3) is 3.11. The van der Waals surface area contributed by atoms with Gasteiger partial charge in [0.15, 0.2) is 5.96 Å². The molecular formula is C12H23N3. The van der Waals surface area contributed by atoms with Crippen molar-refractivity contribution in [2.75, 3.05) is 0 Å². The molecule has 2 fully saturated rings. The van der Waals surface area contributed by atoms with Crippen LogP contribution in [-0.4, -0.2) is 18.0 Å². The van der Waals surface area contributed by atoms with Crippen LogP contribution in [0.25, 0.3) is 0 Å². The average Bonchev–Trinajstić information content (AvgIpc) is 2.95. The molecule has 3 heteroatoms. The van der Waals surface area contributed by atoms with E-state index in [4.69, 9.17) is 5.73 Å². The van der Waals surface area contributed by atoms with Crippen molar-refractivity contribution >= 4 is 5.96 Å². The van der Waals surface area contributed by atoms with Gasteiger partial charge in [0.25, 0.3) is 0 Å². The second kappa shape index (κ2) is 4.42. The fraction of sp³-hybridized carbons (Fsp3) is 0.917. The molecule has 2 rings (SSSR count). The average molecular weight is 209 g/mol. The number of aliphatic imine (C=N–C) groups is 1. The van der Waals surface area contributed by atoms with Crippen LogP contribution in [0.3, 0.4) is 0 Å². The second-order valence-electron chi connectivity index (χ2n) is 5.35. The molecule has 0 spiro atoms. The fourth-order valence-electron chi connectivity index (χ4n) is 2.33. The van der Waals surface area contributed by atoms with Gasteiger partial charge in [-0.05, 0) is 43.9 Å². The molecule has 2 aliphatic carbocycles. The molecule has 3 N–H and O–H groups in total. The standard InChI is InChI=1S/C12H23N3/c1-8-3-4-11(7-9(8)2)15-12(13)14-10-5-6-10/h8-11H,3-7H2,1-2H3,(H3,13,14,15). The van der Waals surface area contributed by atoms with Crippen molar-refractivity contribution in [3.05, 3.63) is 0 Å². The molecular weight excluding hydrogens is 186 g/mol. The molecule has 2 aliphatic rings. The summed E-state index contributed by atoms with van der Waals surface area (Å²) in [5.74, 6) is 2.35. The minimum absolute atomic E-state index is 0.525. The van der Waals surface area contributed by atoms with Crippen molar-refractivity contribution in [1.82, 2.24) is 5.32 Å². The van der Waals surface area contributed by atoms with E-state index in [0.29, 0.717) is 18.0 Å². The van der Waals surface area contributed by atoms with Gasteiger partial charge in [-0.3, -0.25) is 4.99 Å². The molecule has 86 valence electrons. The third-order valence-corrected chi connectivity index (χ3v) is 3.82. The predicted molar refractivity (Wildman–Crippen MR) is 63.7 cm³/mol. The topological polar surface area (TPSA) is 50.4 Å². The van der Waals surface area contributed by atoms with E-state index in [1.165, 1.54) is 32.1 Å². The highest BCUT2D eigenvalue weighted by atomic mass is 15.1. The van der Waals surface area contributed by atoms with Crippen molar-refractivity contribution in [1.29, 1.82) is 0 Å². The van der Waals surface area contributed by atoms with E-state index < -0.39 is 0 Å². The van der Waals surface area contributed by atoms with Gasteiger partial charge < -0.3 is 11.1 Å². The number of nitrogens with zero attached hydrogens (tertiary/aromatic N) is 1. The number of guanidine groups is 1. The van der Waals surface area contributed by atoms with Gasteiger partial charge in [0, 0.05) is 6.04 Å². The molecule has 0 aromatic rings. The molecule has 15 heavy (non-hydrogen) atoms. The maximum absolute atomic E-state index is 5.86. The van der Waals surface area contributed by atoms with Crippen LogP contribution in [0.5, 0.6) is 0 Å². The lowest BCUT2D eigenvalue weighted by Gasteiger charge is -2.32. The first-order valence-corrected chi connectivity index (χ1v) is 6.25. The summed E-state index contributed by atoms with van der Waals surface area (Å²) >= 11 is 0. The summed E-state index contributed by atoms with van der Waals surface area (Å²) in [4.78, 5) is 4.41. The zero-order valence-corrected chi connectivity index (χ0v) is 9.87. The summed E-state index contributed by atoms with van der Waals surface area (Å²) < 4.78 is 0. The quantitative estimate of drug-likeness (QED) is 0.539. The Morgan fingerprint density at radius 3 is 2.47 bits per heavy atom. The van der Waals surface area contributed by atoms with Crippen molar-refractivity contribution in [2.24, 2.45) is 22.6 Å². The first kappa shape index (κ1) is 10.8. The zero-order chi connectivity index (χ0) is 10.8. The highest BCUT2D eigenvalue weighted by Crippen LogP contribution is 2.29. The first-order chi connectivity index (χ1) is 7.15. The van der Waals surface area contributed by atoms with Crippen LogP contribution in [0.1, 0.15) is 46.0 Å². The number of nitrogens with two attached hydrogens (primary N) is 1. The van der Waals surface area contributed by atoms with E-state index in [0.717, 1.165) is 11.8 Å². The first-order valence-electron chi connectivity index (χ1n) is 6.25. The maximum atomic E-state index is 5.86. The SMILES string of the molecule is CC1CCC(NC(N)=NC2CC2)CC1C. The summed E-state index contributed by atoms with van der Waals surface area (Å²) in [5.41, 5.74) is 5.86. The van der Waals surface area contributed by atoms with Crippen molar-refractivity contribution in [2.45, 2.75) is 58.0 Å². The van der Waals surface area contributed by atoms with Gasteiger partial charge in [-0.2, -0.15) is 0 Å². The molecule has 0 aromatic heterocycles. The lowest BCUT2D eigenvalue weighted by atomic mass is 9.79. The highest BCUT2D eigenvalue weighted by Gasteiger charge is 2.25. The number of nitrogens with one attached hydrogen (secondary N) is 1. The summed E-state index contributed by atoms with van der Waals surface area (Å²) in [6.45, 7) is 4.69. The van der Waals surface area contributed by atoms with Crippen LogP contribution in [0.15, 0.2) is 4.99 Å². The number of hydrogen-bond acceptors (Lipinski definition) is 1. The molecule has 0 saturated heterocycles. The van der Waals surface area contributed by atoms with Gasteiger partial charge in [-0.1, -0.05) is 13.8 Å². The molecule has 0 aliphatic heterocycles. The molecule has 0 aromatic carbocycles. The molecule has 3 atom stereocenters. The molecule has 0 amide bonds. The van der Waals surface area contributed by atoms with Crippen molar-refractivity contribution in [3.8, 4) is 0 Å². The maximum Gasteiger partial charge on any atom is 0.189 e. The van der Waals surface area contributed by atoms with Crippen LogP contribution in [0.2, 0.25) is 0 Å². The smallest absolute Gasteiger partial charge is 0.189 e. The minimum atomic E-state index is 0.525. The largest absolute Gasteiger partial charge is 0.370 e. The Balaban J connectivity index is 1.79. The van der Waals surface area contributed by atoms with Crippen molar-refractivity contribution in [3.63, 3.8) is 0 Å². The molecule has 3 unspecified atom stereocenters. The Bertz CT molecular complexity index is 245. The van der Waals surface area contributed by atoms with Gasteiger partial charge in [0.05, 0.1) is 6.04 Å². The number of hydrogen-bond donors (Lipinski definition) is 2. The molecule has 3 nitrogen and oxygen atoms in total. The van der Waals surface area contributed by atoms with Gasteiger partial charge in [-0.15, -0.1) is 0 Å². The lowest BCUT2D eigenvalue weighted by Crippen LogP contribution is -2.43. The van der Waals surface area contributed by atoms with Gasteiger partial charge in [0.1, 0.15) is 0 Å². The predicted octanol–water partition coefficient (Wildman–Crippen LogP) is 1.88. The molecule has 0 bridgehead atoms. The molecule has 0 heterocycles. The van der Waals surface area contributed by atoms with E-state index >= 15 is 0 Å². The van der Waals surface area contributed by atoms with Gasteiger partial charge >= 0.3 is 0 Å². The van der Waals surface area contributed by atoms with E-state index in [-0.39, 0.29) is 0 Å². The van der Waals surface area contributed by atoms with Crippen LogP contribution in [-0.2, 0) is 0 Å². The number of rotatable bonds is 2. The van der Waals surface area contributed by atoms with Crippen LogP contribution in [0.4, 0.5) is 0 Å². The lowest BCUT2D eigenvalue weighted by molar-refractivity contribution is 0.240. The summed E-state index contributed by atoms with van der Waals surface area (Å²) in [6.07, 6.45) is 6.24. The Kier molecular flexibility index (Phi) is 3.17. The highest BCUT2D eigenvalue weighted by molar-refractivity contribution is 5.78. The van der Waals surface area contributed by atoms with Gasteiger partial charge in [-0.25, -0.2) is 0 Å².